The van der Waals surface area contributed by atoms with Crippen LogP contribution in [0.3, 0.4) is 0 Å². The topological polar surface area (TPSA) is 91.3 Å². The molecule has 3 rings (SSSR count). The Bertz CT molecular complexity index is 704. The number of rotatable bonds is 5. The summed E-state index contributed by atoms with van der Waals surface area (Å²) < 4.78 is 14.2. The number of hydrogen-bond acceptors (Lipinski definition) is 9. The third-order valence-corrected chi connectivity index (χ3v) is 4.83. The smallest absolute Gasteiger partial charge is 0.240 e. The Kier molecular flexibility index (Phi) is 5.07. The largest absolute Gasteiger partial charge is 0.377 e. The first kappa shape index (κ1) is 16.1. The molecule has 0 aromatic carbocycles. The van der Waals surface area contributed by atoms with E-state index in [2.05, 4.69) is 30.4 Å². The fraction of sp³-hybridized carbons (Fsp3) is 0.538. The standard InChI is InChI=1S/C13H15ClN6O2S/c1-21-8-10-16-11(22-17-10)7-19-2-4-20(5-3-19)13-9(6-15)12(14)18-23-13/h2-5,7-8H2,1H3. The molecular formula is C13H15ClN6O2S. The van der Waals surface area contributed by atoms with Crippen molar-refractivity contribution in [2.75, 3.05) is 38.2 Å². The van der Waals surface area contributed by atoms with E-state index in [0.29, 0.717) is 30.4 Å². The highest BCUT2D eigenvalue weighted by Crippen LogP contribution is 2.31. The number of anilines is 1. The Morgan fingerprint density at radius 2 is 2.17 bits per heavy atom. The van der Waals surface area contributed by atoms with Crippen LogP contribution in [-0.2, 0) is 17.9 Å². The quantitative estimate of drug-likeness (QED) is 0.798. The molecule has 0 radical (unpaired) electrons. The van der Waals surface area contributed by atoms with E-state index in [4.69, 9.17) is 26.1 Å². The fourth-order valence-corrected chi connectivity index (χ4v) is 3.50. The van der Waals surface area contributed by atoms with E-state index < -0.39 is 0 Å². The highest BCUT2D eigenvalue weighted by molar-refractivity contribution is 7.10. The van der Waals surface area contributed by atoms with Crippen molar-refractivity contribution in [1.82, 2.24) is 19.4 Å². The zero-order valence-corrected chi connectivity index (χ0v) is 14.1. The van der Waals surface area contributed by atoms with E-state index in [9.17, 15) is 0 Å². The van der Waals surface area contributed by atoms with Crippen LogP contribution >= 0.6 is 23.1 Å². The molecule has 1 saturated heterocycles. The van der Waals surface area contributed by atoms with Gasteiger partial charge in [-0.15, -0.1) is 0 Å². The summed E-state index contributed by atoms with van der Waals surface area (Å²) in [5.74, 6) is 1.14. The van der Waals surface area contributed by atoms with Crippen LogP contribution in [0.25, 0.3) is 0 Å². The third-order valence-electron chi connectivity index (χ3n) is 3.55. The average molecular weight is 355 g/mol. The van der Waals surface area contributed by atoms with E-state index in [-0.39, 0.29) is 5.15 Å². The van der Waals surface area contributed by atoms with Gasteiger partial charge in [-0.2, -0.15) is 14.6 Å². The predicted molar refractivity (Wildman–Crippen MR) is 84.3 cm³/mol. The summed E-state index contributed by atoms with van der Waals surface area (Å²) in [6.07, 6.45) is 0. The molecule has 122 valence electrons. The Balaban J connectivity index is 1.56. The highest BCUT2D eigenvalue weighted by Gasteiger charge is 2.24. The van der Waals surface area contributed by atoms with E-state index in [1.165, 1.54) is 11.5 Å². The molecule has 23 heavy (non-hydrogen) atoms. The summed E-state index contributed by atoms with van der Waals surface area (Å²) in [5.41, 5.74) is 0.464. The Morgan fingerprint density at radius 3 is 2.87 bits per heavy atom. The molecule has 10 heteroatoms. The molecule has 0 saturated carbocycles. The van der Waals surface area contributed by atoms with Gasteiger partial charge in [0.2, 0.25) is 5.89 Å². The van der Waals surface area contributed by atoms with Gasteiger partial charge in [-0.1, -0.05) is 16.8 Å². The predicted octanol–water partition coefficient (Wildman–Crippen LogP) is 1.52. The second-order valence-corrected chi connectivity index (χ2v) is 6.18. The maximum atomic E-state index is 9.17. The van der Waals surface area contributed by atoms with Crippen LogP contribution in [0.5, 0.6) is 0 Å². The Hall–Kier alpha value is -1.73. The van der Waals surface area contributed by atoms with Gasteiger partial charge in [0, 0.05) is 33.3 Å². The lowest BCUT2D eigenvalue weighted by atomic mass is 10.3. The molecule has 2 aromatic heterocycles. The normalized spacial score (nSPS) is 15.8. The van der Waals surface area contributed by atoms with Crippen molar-refractivity contribution in [1.29, 1.82) is 5.26 Å². The number of ether oxygens (including phenoxy) is 1. The molecule has 1 fully saturated rings. The van der Waals surface area contributed by atoms with Crippen molar-refractivity contribution in [3.8, 4) is 6.07 Å². The van der Waals surface area contributed by atoms with Gasteiger partial charge in [0.15, 0.2) is 11.0 Å². The van der Waals surface area contributed by atoms with Crippen molar-refractivity contribution in [3.05, 3.63) is 22.4 Å². The van der Waals surface area contributed by atoms with Gasteiger partial charge in [-0.05, 0) is 11.5 Å². The zero-order valence-electron chi connectivity index (χ0n) is 12.5. The van der Waals surface area contributed by atoms with Crippen molar-refractivity contribution in [2.24, 2.45) is 0 Å². The van der Waals surface area contributed by atoms with Crippen molar-refractivity contribution < 1.29 is 9.26 Å². The van der Waals surface area contributed by atoms with Gasteiger partial charge in [0.05, 0.1) is 6.54 Å². The SMILES string of the molecule is COCc1noc(CN2CCN(c3snc(Cl)c3C#N)CC2)n1. The molecule has 0 N–H and O–H groups in total. The fourth-order valence-electron chi connectivity index (χ4n) is 2.42. The summed E-state index contributed by atoms with van der Waals surface area (Å²) in [4.78, 5) is 8.65. The highest BCUT2D eigenvalue weighted by atomic mass is 35.5. The van der Waals surface area contributed by atoms with Crippen LogP contribution in [0.15, 0.2) is 4.52 Å². The van der Waals surface area contributed by atoms with Crippen LogP contribution in [0.4, 0.5) is 5.00 Å². The molecule has 8 nitrogen and oxygen atoms in total. The van der Waals surface area contributed by atoms with Gasteiger partial charge in [0.1, 0.15) is 23.2 Å². The first-order valence-corrected chi connectivity index (χ1v) is 8.19. The van der Waals surface area contributed by atoms with E-state index in [1.807, 2.05) is 0 Å². The second-order valence-electron chi connectivity index (χ2n) is 5.07. The summed E-state index contributed by atoms with van der Waals surface area (Å²) >= 11 is 7.20. The molecular weight excluding hydrogens is 340 g/mol. The minimum Gasteiger partial charge on any atom is -0.377 e. The number of nitrogens with zero attached hydrogens (tertiary/aromatic N) is 6. The molecule has 0 aliphatic carbocycles. The van der Waals surface area contributed by atoms with E-state index in [0.717, 1.165) is 31.2 Å². The van der Waals surface area contributed by atoms with E-state index >= 15 is 0 Å². The number of nitriles is 1. The molecule has 0 atom stereocenters. The minimum absolute atomic E-state index is 0.284. The molecule has 3 heterocycles. The zero-order chi connectivity index (χ0) is 16.2. The van der Waals surface area contributed by atoms with Gasteiger partial charge >= 0.3 is 0 Å². The van der Waals surface area contributed by atoms with Crippen molar-refractivity contribution >= 4 is 28.1 Å². The lowest BCUT2D eigenvalue weighted by molar-refractivity contribution is 0.174. The van der Waals surface area contributed by atoms with E-state index in [1.54, 1.807) is 7.11 Å². The molecule has 1 aliphatic heterocycles. The lowest BCUT2D eigenvalue weighted by Gasteiger charge is -2.34. The molecule has 0 amide bonds. The number of aromatic nitrogens is 3. The number of piperazine rings is 1. The number of halogens is 1. The minimum atomic E-state index is 0.284. The van der Waals surface area contributed by atoms with Crippen LogP contribution in [-0.4, -0.2) is 52.7 Å². The van der Waals surface area contributed by atoms with Crippen LogP contribution in [0, 0.1) is 11.3 Å². The van der Waals surface area contributed by atoms with Gasteiger partial charge < -0.3 is 14.2 Å². The lowest BCUT2D eigenvalue weighted by Crippen LogP contribution is -2.46. The number of hydrogen-bond donors (Lipinski definition) is 0. The van der Waals surface area contributed by atoms with Gasteiger partial charge in [-0.25, -0.2) is 0 Å². The van der Waals surface area contributed by atoms with Gasteiger partial charge in [-0.3, -0.25) is 4.90 Å². The van der Waals surface area contributed by atoms with Crippen molar-refractivity contribution in [2.45, 2.75) is 13.2 Å². The maximum Gasteiger partial charge on any atom is 0.240 e. The van der Waals surface area contributed by atoms with Crippen LogP contribution in [0.1, 0.15) is 17.3 Å². The van der Waals surface area contributed by atoms with Crippen molar-refractivity contribution in [3.63, 3.8) is 0 Å². The Labute approximate surface area is 142 Å². The first-order valence-electron chi connectivity index (χ1n) is 7.04. The second kappa shape index (κ2) is 7.23. The van der Waals surface area contributed by atoms with Crippen LogP contribution in [0.2, 0.25) is 5.15 Å². The molecule has 1 aliphatic rings. The molecule has 0 bridgehead atoms. The average Bonchev–Trinajstić information content (AvgIpc) is 3.15. The number of methoxy groups -OCH3 is 1. The summed E-state index contributed by atoms with van der Waals surface area (Å²) in [5, 5.41) is 14.2. The maximum absolute atomic E-state index is 9.17. The molecule has 2 aromatic rings. The summed E-state index contributed by atoms with van der Waals surface area (Å²) in [6, 6.07) is 2.12. The molecule has 0 spiro atoms. The monoisotopic (exact) mass is 354 g/mol. The summed E-state index contributed by atoms with van der Waals surface area (Å²) in [7, 11) is 1.59. The Morgan fingerprint density at radius 1 is 1.39 bits per heavy atom. The first-order chi connectivity index (χ1) is 11.2. The van der Waals surface area contributed by atoms with Crippen LogP contribution < -0.4 is 4.90 Å². The summed E-state index contributed by atoms with van der Waals surface area (Å²) in [6.45, 7) is 4.22. The molecule has 0 unspecified atom stereocenters. The van der Waals surface area contributed by atoms with Gasteiger partial charge in [0.25, 0.3) is 0 Å². The third kappa shape index (κ3) is 3.61.